The SMILES string of the molecule is CCN1C(=O)/C(=C\c2ccc(N(C)C)c(Br)c2)SC1=Nc1ccc(C(=O)O)c(C)c1. The lowest BCUT2D eigenvalue weighted by Gasteiger charge is -2.14. The average Bonchev–Trinajstić information content (AvgIpc) is 2.95. The molecule has 1 heterocycles. The van der Waals surface area contributed by atoms with Gasteiger partial charge in [0.05, 0.1) is 21.8 Å². The van der Waals surface area contributed by atoms with E-state index in [-0.39, 0.29) is 11.5 Å². The highest BCUT2D eigenvalue weighted by Crippen LogP contribution is 2.35. The summed E-state index contributed by atoms with van der Waals surface area (Å²) in [4.78, 5) is 32.9. The molecule has 2 aromatic carbocycles. The van der Waals surface area contributed by atoms with Gasteiger partial charge in [-0.3, -0.25) is 9.69 Å². The van der Waals surface area contributed by atoms with Crippen molar-refractivity contribution in [3.05, 3.63) is 62.5 Å². The summed E-state index contributed by atoms with van der Waals surface area (Å²) in [6.45, 7) is 4.13. The summed E-state index contributed by atoms with van der Waals surface area (Å²) in [5.74, 6) is -1.06. The van der Waals surface area contributed by atoms with Gasteiger partial charge in [0, 0.05) is 25.1 Å². The van der Waals surface area contributed by atoms with E-state index in [0.29, 0.717) is 27.9 Å². The summed E-state index contributed by atoms with van der Waals surface area (Å²) < 4.78 is 0.951. The number of aliphatic imine (C=N–C) groups is 1. The molecule has 1 aliphatic rings. The van der Waals surface area contributed by atoms with Crippen molar-refractivity contribution in [1.29, 1.82) is 0 Å². The van der Waals surface area contributed by atoms with Crippen LogP contribution in [0.3, 0.4) is 0 Å². The number of carbonyl (C=O) groups is 2. The molecule has 1 N–H and O–H groups in total. The summed E-state index contributed by atoms with van der Waals surface area (Å²) in [7, 11) is 3.95. The molecular formula is C22H22BrN3O3S. The van der Waals surface area contributed by atoms with Crippen LogP contribution in [0.15, 0.2) is 50.8 Å². The first-order valence-corrected chi connectivity index (χ1v) is 10.9. The van der Waals surface area contributed by atoms with Crippen molar-refractivity contribution < 1.29 is 14.7 Å². The fourth-order valence-electron chi connectivity index (χ4n) is 3.07. The van der Waals surface area contributed by atoms with Gasteiger partial charge in [-0.25, -0.2) is 9.79 Å². The lowest BCUT2D eigenvalue weighted by molar-refractivity contribution is -0.122. The number of aromatic carboxylic acids is 1. The Kier molecular flexibility index (Phi) is 6.67. The van der Waals surface area contributed by atoms with E-state index in [4.69, 9.17) is 0 Å². The topological polar surface area (TPSA) is 73.2 Å². The number of rotatable bonds is 5. The smallest absolute Gasteiger partial charge is 0.335 e. The van der Waals surface area contributed by atoms with Crippen molar-refractivity contribution in [2.75, 3.05) is 25.5 Å². The average molecular weight is 488 g/mol. The van der Waals surface area contributed by atoms with Crippen LogP contribution < -0.4 is 4.90 Å². The van der Waals surface area contributed by atoms with Gasteiger partial charge in [0.15, 0.2) is 5.17 Å². The molecule has 0 spiro atoms. The standard InChI is InChI=1S/C22H22BrN3O3S/c1-5-26-20(27)19(12-14-6-9-18(25(3)4)17(23)11-14)30-22(26)24-15-7-8-16(21(28)29)13(2)10-15/h6-12H,5H2,1-4H3,(H,28,29)/b19-12+,24-22?. The number of amides is 1. The van der Waals surface area contributed by atoms with Crippen molar-refractivity contribution in [3.8, 4) is 0 Å². The maximum atomic E-state index is 12.9. The third-order valence-corrected chi connectivity index (χ3v) is 6.26. The van der Waals surface area contributed by atoms with Gasteiger partial charge in [-0.15, -0.1) is 0 Å². The van der Waals surface area contributed by atoms with Gasteiger partial charge < -0.3 is 10.0 Å². The number of halogens is 1. The summed E-state index contributed by atoms with van der Waals surface area (Å²) in [6, 6.07) is 10.9. The van der Waals surface area contributed by atoms with Crippen LogP contribution in [0.25, 0.3) is 6.08 Å². The number of likely N-dealkylation sites (N-methyl/N-ethyl adjacent to an activating group) is 1. The molecule has 2 aromatic rings. The molecule has 0 unspecified atom stereocenters. The van der Waals surface area contributed by atoms with E-state index < -0.39 is 5.97 Å². The van der Waals surface area contributed by atoms with E-state index >= 15 is 0 Å². The van der Waals surface area contributed by atoms with Crippen LogP contribution >= 0.6 is 27.7 Å². The Bertz CT molecular complexity index is 1080. The van der Waals surface area contributed by atoms with Crippen molar-refractivity contribution in [3.63, 3.8) is 0 Å². The van der Waals surface area contributed by atoms with E-state index in [1.54, 1.807) is 24.0 Å². The number of amidine groups is 1. The number of anilines is 1. The first-order valence-electron chi connectivity index (χ1n) is 9.32. The lowest BCUT2D eigenvalue weighted by Crippen LogP contribution is -2.28. The predicted molar refractivity (Wildman–Crippen MR) is 127 cm³/mol. The van der Waals surface area contributed by atoms with Crippen molar-refractivity contribution in [2.45, 2.75) is 13.8 Å². The van der Waals surface area contributed by atoms with Gasteiger partial charge >= 0.3 is 5.97 Å². The van der Waals surface area contributed by atoms with Crippen molar-refractivity contribution >= 4 is 62.2 Å². The number of carboxylic acid groups (broad SMARTS) is 1. The van der Waals surface area contributed by atoms with Crippen LogP contribution in [0.4, 0.5) is 11.4 Å². The largest absolute Gasteiger partial charge is 0.478 e. The highest BCUT2D eigenvalue weighted by molar-refractivity contribution is 9.10. The van der Waals surface area contributed by atoms with Gasteiger partial charge in [0.2, 0.25) is 0 Å². The number of benzene rings is 2. The van der Waals surface area contributed by atoms with E-state index in [0.717, 1.165) is 15.7 Å². The molecule has 30 heavy (non-hydrogen) atoms. The molecule has 0 radical (unpaired) electrons. The highest BCUT2D eigenvalue weighted by atomic mass is 79.9. The number of thioether (sulfide) groups is 1. The van der Waals surface area contributed by atoms with E-state index in [1.165, 1.54) is 17.8 Å². The molecule has 3 rings (SSSR count). The van der Waals surface area contributed by atoms with Crippen LogP contribution in [0.1, 0.15) is 28.4 Å². The summed E-state index contributed by atoms with van der Waals surface area (Å²) in [5, 5.41) is 9.77. The molecule has 1 amide bonds. The number of nitrogens with zero attached hydrogens (tertiary/aromatic N) is 3. The van der Waals surface area contributed by atoms with Crippen LogP contribution in [0.2, 0.25) is 0 Å². The van der Waals surface area contributed by atoms with E-state index in [1.807, 2.05) is 50.2 Å². The van der Waals surface area contributed by atoms with Gasteiger partial charge in [0.25, 0.3) is 5.91 Å². The zero-order valence-corrected chi connectivity index (χ0v) is 19.5. The molecule has 0 atom stereocenters. The second kappa shape index (κ2) is 9.06. The highest BCUT2D eigenvalue weighted by Gasteiger charge is 2.32. The first-order chi connectivity index (χ1) is 14.2. The Morgan fingerprint density at radius 1 is 1.27 bits per heavy atom. The second-order valence-electron chi connectivity index (χ2n) is 6.96. The lowest BCUT2D eigenvalue weighted by atomic mass is 10.1. The predicted octanol–water partition coefficient (Wildman–Crippen LogP) is 5.15. The summed E-state index contributed by atoms with van der Waals surface area (Å²) >= 11 is 4.90. The van der Waals surface area contributed by atoms with Gasteiger partial charge in [0.1, 0.15) is 0 Å². The Morgan fingerprint density at radius 2 is 2.00 bits per heavy atom. The molecule has 0 bridgehead atoms. The molecule has 0 saturated carbocycles. The molecule has 1 fully saturated rings. The molecule has 8 heteroatoms. The van der Waals surface area contributed by atoms with Crippen LogP contribution in [0.5, 0.6) is 0 Å². The number of carbonyl (C=O) groups excluding carboxylic acids is 1. The maximum Gasteiger partial charge on any atom is 0.335 e. The zero-order chi connectivity index (χ0) is 22.0. The fourth-order valence-corrected chi connectivity index (χ4v) is 4.88. The van der Waals surface area contributed by atoms with Crippen molar-refractivity contribution in [1.82, 2.24) is 4.90 Å². The fraction of sp³-hybridized carbons (Fsp3) is 0.227. The number of aryl methyl sites for hydroxylation is 1. The molecule has 0 aliphatic carbocycles. The van der Waals surface area contributed by atoms with Gasteiger partial charge in [-0.1, -0.05) is 6.07 Å². The van der Waals surface area contributed by atoms with E-state index in [2.05, 4.69) is 20.9 Å². The Hall–Kier alpha value is -2.58. The van der Waals surface area contributed by atoms with Crippen molar-refractivity contribution in [2.24, 2.45) is 4.99 Å². The van der Waals surface area contributed by atoms with Gasteiger partial charge in [-0.2, -0.15) is 0 Å². The minimum atomic E-state index is -0.969. The molecule has 6 nitrogen and oxygen atoms in total. The molecule has 1 saturated heterocycles. The molecular weight excluding hydrogens is 466 g/mol. The van der Waals surface area contributed by atoms with Crippen LogP contribution in [-0.2, 0) is 4.79 Å². The van der Waals surface area contributed by atoms with Crippen LogP contribution in [0, 0.1) is 6.92 Å². The Labute approximate surface area is 188 Å². The normalized spacial score (nSPS) is 16.6. The quantitative estimate of drug-likeness (QED) is 0.590. The second-order valence-corrected chi connectivity index (χ2v) is 8.83. The Morgan fingerprint density at radius 3 is 2.57 bits per heavy atom. The Balaban J connectivity index is 1.92. The maximum absolute atomic E-state index is 12.9. The molecule has 156 valence electrons. The minimum absolute atomic E-state index is 0.0899. The first kappa shape index (κ1) is 22.1. The van der Waals surface area contributed by atoms with Gasteiger partial charge in [-0.05, 0) is 89.1 Å². The van der Waals surface area contributed by atoms with E-state index in [9.17, 15) is 14.7 Å². The number of hydrogen-bond donors (Lipinski definition) is 1. The summed E-state index contributed by atoms with van der Waals surface area (Å²) in [6.07, 6.45) is 1.86. The zero-order valence-electron chi connectivity index (χ0n) is 17.1. The third-order valence-electron chi connectivity index (χ3n) is 4.62. The molecule has 0 aromatic heterocycles. The van der Waals surface area contributed by atoms with Crippen LogP contribution in [-0.4, -0.2) is 47.7 Å². The number of hydrogen-bond acceptors (Lipinski definition) is 5. The third kappa shape index (κ3) is 4.60. The molecule has 1 aliphatic heterocycles. The monoisotopic (exact) mass is 487 g/mol. The summed E-state index contributed by atoms with van der Waals surface area (Å²) in [5.41, 5.74) is 3.46. The number of carboxylic acids is 1. The minimum Gasteiger partial charge on any atom is -0.478 e.